The van der Waals surface area contributed by atoms with Crippen molar-refractivity contribution in [1.29, 1.82) is 0 Å². The quantitative estimate of drug-likeness (QED) is 0.886. The Labute approximate surface area is 114 Å². The first-order valence-electron chi connectivity index (χ1n) is 7.08. The third-order valence-corrected chi connectivity index (χ3v) is 5.37. The molecular formula is C14H25N3S. The van der Waals surface area contributed by atoms with Gasteiger partial charge in [-0.15, -0.1) is 10.2 Å². The van der Waals surface area contributed by atoms with Gasteiger partial charge in [0, 0.05) is 6.04 Å². The van der Waals surface area contributed by atoms with Crippen LogP contribution in [0.4, 0.5) is 5.13 Å². The van der Waals surface area contributed by atoms with Gasteiger partial charge in [0.25, 0.3) is 0 Å². The number of hydrogen-bond acceptors (Lipinski definition) is 4. The molecular weight excluding hydrogens is 242 g/mol. The van der Waals surface area contributed by atoms with E-state index >= 15 is 0 Å². The lowest BCUT2D eigenvalue weighted by atomic mass is 9.69. The molecule has 0 aliphatic heterocycles. The average Bonchev–Trinajstić information content (AvgIpc) is 2.75. The van der Waals surface area contributed by atoms with Crippen LogP contribution in [0.3, 0.4) is 0 Å². The summed E-state index contributed by atoms with van der Waals surface area (Å²) in [5.74, 6) is 0.886. The molecule has 1 heterocycles. The molecule has 102 valence electrons. The van der Waals surface area contributed by atoms with Gasteiger partial charge in [-0.05, 0) is 43.9 Å². The predicted molar refractivity (Wildman–Crippen MR) is 78.1 cm³/mol. The Morgan fingerprint density at radius 2 is 1.89 bits per heavy atom. The molecule has 1 saturated carbocycles. The van der Waals surface area contributed by atoms with Gasteiger partial charge in [0.05, 0.1) is 0 Å². The van der Waals surface area contributed by atoms with E-state index in [-0.39, 0.29) is 0 Å². The van der Waals surface area contributed by atoms with Crippen LogP contribution in [0, 0.1) is 18.3 Å². The second kappa shape index (κ2) is 5.55. The first-order chi connectivity index (χ1) is 8.51. The van der Waals surface area contributed by atoms with E-state index in [4.69, 9.17) is 0 Å². The number of aromatic nitrogens is 2. The van der Waals surface area contributed by atoms with Crippen molar-refractivity contribution in [1.82, 2.24) is 10.2 Å². The fourth-order valence-electron chi connectivity index (χ4n) is 2.84. The highest BCUT2D eigenvalue weighted by molar-refractivity contribution is 7.15. The molecule has 1 aliphatic rings. The minimum atomic E-state index is 0.504. The van der Waals surface area contributed by atoms with E-state index < -0.39 is 0 Å². The van der Waals surface area contributed by atoms with E-state index in [2.05, 4.69) is 36.3 Å². The van der Waals surface area contributed by atoms with Gasteiger partial charge in [-0.25, -0.2) is 0 Å². The molecule has 0 amide bonds. The SMILES string of the molecule is CCC(C)(C)C1CCC(Nc2nnc(C)s2)CC1. The Kier molecular flexibility index (Phi) is 4.25. The lowest BCUT2D eigenvalue weighted by Gasteiger charge is -2.39. The molecule has 4 heteroatoms. The zero-order valence-electron chi connectivity index (χ0n) is 12.0. The zero-order valence-corrected chi connectivity index (χ0v) is 12.8. The molecule has 1 aromatic rings. The molecule has 0 aromatic carbocycles. The topological polar surface area (TPSA) is 37.8 Å². The Hall–Kier alpha value is -0.640. The van der Waals surface area contributed by atoms with Crippen LogP contribution in [0.15, 0.2) is 0 Å². The van der Waals surface area contributed by atoms with E-state index in [9.17, 15) is 0 Å². The summed E-state index contributed by atoms with van der Waals surface area (Å²) in [6.07, 6.45) is 6.51. The smallest absolute Gasteiger partial charge is 0.205 e. The lowest BCUT2D eigenvalue weighted by molar-refractivity contribution is 0.147. The number of hydrogen-bond donors (Lipinski definition) is 1. The van der Waals surface area contributed by atoms with Gasteiger partial charge >= 0.3 is 0 Å². The summed E-state index contributed by atoms with van der Waals surface area (Å²) in [4.78, 5) is 0. The number of aryl methyl sites for hydroxylation is 1. The molecule has 0 saturated heterocycles. The van der Waals surface area contributed by atoms with Gasteiger partial charge in [-0.2, -0.15) is 0 Å². The maximum atomic E-state index is 4.15. The highest BCUT2D eigenvalue weighted by Crippen LogP contribution is 2.40. The standard InChI is InChI=1S/C14H25N3S/c1-5-14(3,4)11-6-8-12(9-7-11)15-13-17-16-10(2)18-13/h11-12H,5-9H2,1-4H3,(H,15,17). The summed E-state index contributed by atoms with van der Waals surface area (Å²) in [7, 11) is 0. The summed E-state index contributed by atoms with van der Waals surface area (Å²) in [5.41, 5.74) is 0.504. The molecule has 0 bridgehead atoms. The summed E-state index contributed by atoms with van der Waals surface area (Å²) in [6.45, 7) is 9.15. The van der Waals surface area contributed by atoms with Crippen LogP contribution in [0.1, 0.15) is 57.9 Å². The van der Waals surface area contributed by atoms with Crippen molar-refractivity contribution in [2.75, 3.05) is 5.32 Å². The number of nitrogens with one attached hydrogen (secondary N) is 1. The summed E-state index contributed by atoms with van der Waals surface area (Å²) in [5, 5.41) is 13.8. The predicted octanol–water partition coefficient (Wildman–Crippen LogP) is 4.25. The fourth-order valence-corrected chi connectivity index (χ4v) is 3.51. The lowest BCUT2D eigenvalue weighted by Crippen LogP contribution is -2.32. The summed E-state index contributed by atoms with van der Waals surface area (Å²) in [6, 6.07) is 0.598. The van der Waals surface area contributed by atoms with E-state index in [1.807, 2.05) is 6.92 Å². The third-order valence-electron chi connectivity index (χ3n) is 4.60. The maximum absolute atomic E-state index is 4.15. The Morgan fingerprint density at radius 1 is 1.22 bits per heavy atom. The molecule has 1 N–H and O–H groups in total. The Bertz CT molecular complexity index is 378. The molecule has 0 radical (unpaired) electrons. The van der Waals surface area contributed by atoms with Gasteiger partial charge < -0.3 is 5.32 Å². The van der Waals surface area contributed by atoms with E-state index in [0.29, 0.717) is 11.5 Å². The second-order valence-corrected chi connectivity index (χ2v) is 7.34. The number of nitrogens with zero attached hydrogens (tertiary/aromatic N) is 2. The van der Waals surface area contributed by atoms with E-state index in [1.165, 1.54) is 32.1 Å². The van der Waals surface area contributed by atoms with Crippen molar-refractivity contribution in [3.05, 3.63) is 5.01 Å². The number of anilines is 1. The maximum Gasteiger partial charge on any atom is 0.205 e. The third kappa shape index (κ3) is 3.22. The Balaban J connectivity index is 1.83. The highest BCUT2D eigenvalue weighted by Gasteiger charge is 2.31. The van der Waals surface area contributed by atoms with Crippen molar-refractivity contribution in [3.63, 3.8) is 0 Å². The molecule has 0 atom stereocenters. The van der Waals surface area contributed by atoms with Crippen LogP contribution < -0.4 is 5.32 Å². The fraction of sp³-hybridized carbons (Fsp3) is 0.857. The van der Waals surface area contributed by atoms with Crippen LogP contribution in [-0.2, 0) is 0 Å². The molecule has 3 nitrogen and oxygen atoms in total. The second-order valence-electron chi connectivity index (χ2n) is 6.16. The molecule has 1 aromatic heterocycles. The highest BCUT2D eigenvalue weighted by atomic mass is 32.1. The van der Waals surface area contributed by atoms with Crippen molar-refractivity contribution in [2.24, 2.45) is 11.3 Å². The molecule has 0 spiro atoms. The van der Waals surface area contributed by atoms with E-state index in [0.717, 1.165) is 16.1 Å². The van der Waals surface area contributed by atoms with Crippen molar-refractivity contribution in [2.45, 2.75) is 65.8 Å². The minimum absolute atomic E-state index is 0.504. The summed E-state index contributed by atoms with van der Waals surface area (Å²) < 4.78 is 0. The van der Waals surface area contributed by atoms with Crippen LogP contribution in [-0.4, -0.2) is 16.2 Å². The zero-order chi connectivity index (χ0) is 13.2. The van der Waals surface area contributed by atoms with Crippen LogP contribution in [0.25, 0.3) is 0 Å². The van der Waals surface area contributed by atoms with Crippen LogP contribution in [0.5, 0.6) is 0 Å². The molecule has 1 aliphatic carbocycles. The van der Waals surface area contributed by atoms with Crippen molar-refractivity contribution in [3.8, 4) is 0 Å². The van der Waals surface area contributed by atoms with Gasteiger partial charge in [0.15, 0.2) is 0 Å². The molecule has 2 rings (SSSR count). The minimum Gasteiger partial charge on any atom is -0.357 e. The van der Waals surface area contributed by atoms with Gasteiger partial charge in [-0.3, -0.25) is 0 Å². The van der Waals surface area contributed by atoms with E-state index in [1.54, 1.807) is 11.3 Å². The normalized spacial score (nSPS) is 25.1. The van der Waals surface area contributed by atoms with Crippen LogP contribution in [0.2, 0.25) is 0 Å². The van der Waals surface area contributed by atoms with Crippen molar-refractivity contribution >= 4 is 16.5 Å². The molecule has 18 heavy (non-hydrogen) atoms. The first kappa shape index (κ1) is 13.8. The van der Waals surface area contributed by atoms with Crippen LogP contribution >= 0.6 is 11.3 Å². The molecule has 0 unspecified atom stereocenters. The average molecular weight is 267 g/mol. The van der Waals surface area contributed by atoms with Gasteiger partial charge in [0.2, 0.25) is 5.13 Å². The number of rotatable bonds is 4. The summed E-state index contributed by atoms with van der Waals surface area (Å²) >= 11 is 1.66. The van der Waals surface area contributed by atoms with Gasteiger partial charge in [0.1, 0.15) is 5.01 Å². The monoisotopic (exact) mass is 267 g/mol. The largest absolute Gasteiger partial charge is 0.357 e. The van der Waals surface area contributed by atoms with Gasteiger partial charge in [-0.1, -0.05) is 38.5 Å². The van der Waals surface area contributed by atoms with Crippen molar-refractivity contribution < 1.29 is 0 Å². The first-order valence-corrected chi connectivity index (χ1v) is 7.89. The Morgan fingerprint density at radius 3 is 2.39 bits per heavy atom. The molecule has 1 fully saturated rings.